The first-order valence-corrected chi connectivity index (χ1v) is 6.30. The van der Waals surface area contributed by atoms with E-state index < -0.39 is 0 Å². The first kappa shape index (κ1) is 13.2. The average Bonchev–Trinajstić information content (AvgIpc) is 2.91. The van der Waals surface area contributed by atoms with E-state index in [-0.39, 0.29) is 5.91 Å². The normalized spacial score (nSPS) is 10.2. The summed E-state index contributed by atoms with van der Waals surface area (Å²) in [4.78, 5) is 16.2. The topological polar surface area (TPSA) is 48.1 Å². The zero-order valence-corrected chi connectivity index (χ0v) is 11.3. The van der Waals surface area contributed by atoms with Crippen LogP contribution in [0.3, 0.4) is 0 Å². The van der Waals surface area contributed by atoms with Gasteiger partial charge in [-0.05, 0) is 29.3 Å². The largest absolute Gasteiger partial charge is 0.381 e. The number of H-pyrrole nitrogens is 1. The van der Waals surface area contributed by atoms with Crippen LogP contribution in [0.2, 0.25) is 0 Å². The third-order valence-corrected chi connectivity index (χ3v) is 2.97. The summed E-state index contributed by atoms with van der Waals surface area (Å²) in [5, 5.41) is 3.34. The summed E-state index contributed by atoms with van der Waals surface area (Å²) in [5.41, 5.74) is 3.31. The number of hydrogen-bond donors (Lipinski definition) is 2. The van der Waals surface area contributed by atoms with Crippen molar-refractivity contribution in [3.05, 3.63) is 53.9 Å². The van der Waals surface area contributed by atoms with E-state index in [1.165, 1.54) is 5.56 Å². The van der Waals surface area contributed by atoms with Crippen molar-refractivity contribution in [3.8, 4) is 0 Å². The van der Waals surface area contributed by atoms with E-state index in [9.17, 15) is 4.79 Å². The molecule has 4 heteroatoms. The van der Waals surface area contributed by atoms with Crippen molar-refractivity contribution in [2.75, 3.05) is 19.4 Å². The molecule has 0 saturated heterocycles. The summed E-state index contributed by atoms with van der Waals surface area (Å²) in [5.74, 6) is 0.119. The molecule has 19 heavy (non-hydrogen) atoms. The maximum absolute atomic E-state index is 11.6. The molecule has 0 radical (unpaired) electrons. The molecule has 0 spiro atoms. The summed E-state index contributed by atoms with van der Waals surface area (Å²) >= 11 is 0. The Kier molecular flexibility index (Phi) is 4.23. The van der Waals surface area contributed by atoms with E-state index >= 15 is 0 Å². The van der Waals surface area contributed by atoms with Gasteiger partial charge in [0.15, 0.2) is 0 Å². The minimum atomic E-state index is 0.119. The molecule has 100 valence electrons. The van der Waals surface area contributed by atoms with Gasteiger partial charge in [0.05, 0.1) is 6.42 Å². The highest BCUT2D eigenvalue weighted by Gasteiger charge is 2.05. The molecule has 0 aliphatic heterocycles. The molecule has 2 N–H and O–H groups in total. The van der Waals surface area contributed by atoms with Gasteiger partial charge in [0, 0.05) is 38.7 Å². The number of hydrogen-bond acceptors (Lipinski definition) is 2. The lowest BCUT2D eigenvalue weighted by molar-refractivity contribution is -0.127. The van der Waals surface area contributed by atoms with E-state index in [2.05, 4.69) is 10.3 Å². The second-order valence-electron chi connectivity index (χ2n) is 4.73. The van der Waals surface area contributed by atoms with Crippen LogP contribution >= 0.6 is 0 Å². The zero-order chi connectivity index (χ0) is 13.7. The van der Waals surface area contributed by atoms with Crippen molar-refractivity contribution >= 4 is 11.6 Å². The molecule has 1 heterocycles. The highest BCUT2D eigenvalue weighted by molar-refractivity contribution is 5.78. The quantitative estimate of drug-likeness (QED) is 0.863. The number of rotatable bonds is 5. The minimum Gasteiger partial charge on any atom is -0.381 e. The van der Waals surface area contributed by atoms with Gasteiger partial charge in [-0.2, -0.15) is 0 Å². The Bertz CT molecular complexity index is 515. The van der Waals surface area contributed by atoms with Gasteiger partial charge in [-0.15, -0.1) is 0 Å². The fourth-order valence-corrected chi connectivity index (χ4v) is 1.75. The van der Waals surface area contributed by atoms with Crippen LogP contribution in [0.15, 0.2) is 42.7 Å². The molecular formula is C15H19N3O. The van der Waals surface area contributed by atoms with E-state index in [4.69, 9.17) is 0 Å². The van der Waals surface area contributed by atoms with Crippen LogP contribution in [-0.2, 0) is 17.8 Å². The van der Waals surface area contributed by atoms with Gasteiger partial charge in [-0.1, -0.05) is 12.1 Å². The Hall–Kier alpha value is -2.23. The molecule has 1 aromatic heterocycles. The molecule has 0 saturated carbocycles. The second-order valence-corrected chi connectivity index (χ2v) is 4.73. The van der Waals surface area contributed by atoms with Gasteiger partial charge in [-0.25, -0.2) is 0 Å². The van der Waals surface area contributed by atoms with Crippen LogP contribution in [-0.4, -0.2) is 29.9 Å². The molecule has 0 bridgehead atoms. The van der Waals surface area contributed by atoms with Gasteiger partial charge in [0.2, 0.25) is 5.91 Å². The molecule has 0 aliphatic rings. The van der Waals surface area contributed by atoms with Crippen molar-refractivity contribution < 1.29 is 4.79 Å². The summed E-state index contributed by atoms with van der Waals surface area (Å²) < 4.78 is 0. The fraction of sp³-hybridized carbons (Fsp3) is 0.267. The third kappa shape index (κ3) is 3.88. The summed E-state index contributed by atoms with van der Waals surface area (Å²) in [6, 6.07) is 10.0. The van der Waals surface area contributed by atoms with Crippen LogP contribution in [0.4, 0.5) is 5.69 Å². The number of nitrogens with zero attached hydrogens (tertiary/aromatic N) is 1. The summed E-state index contributed by atoms with van der Waals surface area (Å²) in [6.07, 6.45) is 4.33. The lowest BCUT2D eigenvalue weighted by Crippen LogP contribution is -2.23. The van der Waals surface area contributed by atoms with Crippen LogP contribution < -0.4 is 5.32 Å². The zero-order valence-electron chi connectivity index (χ0n) is 11.3. The molecule has 0 unspecified atom stereocenters. The van der Waals surface area contributed by atoms with Crippen molar-refractivity contribution in [1.82, 2.24) is 9.88 Å². The number of likely N-dealkylation sites (N-methyl/N-ethyl adjacent to an activating group) is 1. The number of benzene rings is 1. The molecule has 1 aromatic carbocycles. The van der Waals surface area contributed by atoms with Crippen molar-refractivity contribution in [3.63, 3.8) is 0 Å². The van der Waals surface area contributed by atoms with Gasteiger partial charge >= 0.3 is 0 Å². The van der Waals surface area contributed by atoms with E-state index in [0.717, 1.165) is 17.8 Å². The fourth-order valence-electron chi connectivity index (χ4n) is 1.75. The standard InChI is InChI=1S/C15H19N3O/c1-18(2)15(19)9-12-3-5-14(6-4-12)17-11-13-7-8-16-10-13/h3-8,10,16-17H,9,11H2,1-2H3. The molecule has 0 aliphatic carbocycles. The summed E-state index contributed by atoms with van der Waals surface area (Å²) in [6.45, 7) is 0.791. The smallest absolute Gasteiger partial charge is 0.226 e. The molecule has 2 rings (SSSR count). The van der Waals surface area contributed by atoms with Crippen molar-refractivity contribution in [2.24, 2.45) is 0 Å². The molecule has 0 atom stereocenters. The lowest BCUT2D eigenvalue weighted by atomic mass is 10.1. The molecular weight excluding hydrogens is 238 g/mol. The molecule has 2 aromatic rings. The number of anilines is 1. The number of nitrogens with one attached hydrogen (secondary N) is 2. The molecule has 4 nitrogen and oxygen atoms in total. The predicted molar refractivity (Wildman–Crippen MR) is 77.0 cm³/mol. The third-order valence-electron chi connectivity index (χ3n) is 2.97. The Balaban J connectivity index is 1.89. The molecule has 0 fully saturated rings. The van der Waals surface area contributed by atoms with E-state index in [1.807, 2.05) is 42.7 Å². The van der Waals surface area contributed by atoms with Crippen LogP contribution in [0.1, 0.15) is 11.1 Å². The monoisotopic (exact) mass is 257 g/mol. The first-order chi connectivity index (χ1) is 9.15. The number of amides is 1. The van der Waals surface area contributed by atoms with E-state index in [1.54, 1.807) is 19.0 Å². The second kappa shape index (κ2) is 6.09. The number of aromatic amines is 1. The maximum atomic E-state index is 11.6. The summed E-state index contributed by atoms with van der Waals surface area (Å²) in [7, 11) is 3.55. The molecule has 1 amide bonds. The predicted octanol–water partition coefficient (Wildman–Crippen LogP) is 2.26. The highest BCUT2D eigenvalue weighted by atomic mass is 16.2. The number of carbonyl (C=O) groups excluding carboxylic acids is 1. The van der Waals surface area contributed by atoms with Crippen LogP contribution in [0.25, 0.3) is 0 Å². The van der Waals surface area contributed by atoms with Gasteiger partial charge < -0.3 is 15.2 Å². The maximum Gasteiger partial charge on any atom is 0.226 e. The Labute approximate surface area is 113 Å². The lowest BCUT2D eigenvalue weighted by Gasteiger charge is -2.10. The Morgan fingerprint density at radius 1 is 1.16 bits per heavy atom. The van der Waals surface area contributed by atoms with Gasteiger partial charge in [0.1, 0.15) is 0 Å². The Morgan fingerprint density at radius 3 is 2.47 bits per heavy atom. The Morgan fingerprint density at radius 2 is 1.89 bits per heavy atom. The van der Waals surface area contributed by atoms with Crippen LogP contribution in [0, 0.1) is 0 Å². The van der Waals surface area contributed by atoms with E-state index in [0.29, 0.717) is 6.42 Å². The van der Waals surface area contributed by atoms with Gasteiger partial charge in [0.25, 0.3) is 0 Å². The SMILES string of the molecule is CN(C)C(=O)Cc1ccc(NCc2cc[nH]c2)cc1. The highest BCUT2D eigenvalue weighted by Crippen LogP contribution is 2.12. The minimum absolute atomic E-state index is 0.119. The van der Waals surface area contributed by atoms with Crippen molar-refractivity contribution in [1.29, 1.82) is 0 Å². The van der Waals surface area contributed by atoms with Crippen molar-refractivity contribution in [2.45, 2.75) is 13.0 Å². The number of aromatic nitrogens is 1. The number of carbonyl (C=O) groups is 1. The first-order valence-electron chi connectivity index (χ1n) is 6.30. The van der Waals surface area contributed by atoms with Crippen LogP contribution in [0.5, 0.6) is 0 Å². The average molecular weight is 257 g/mol. The van der Waals surface area contributed by atoms with Gasteiger partial charge in [-0.3, -0.25) is 4.79 Å².